The highest BCUT2D eigenvalue weighted by molar-refractivity contribution is 5.90. The largest absolute Gasteiger partial charge is 0.353 e. The minimum Gasteiger partial charge on any atom is -0.353 e. The van der Waals surface area contributed by atoms with Gasteiger partial charge < -0.3 is 15.5 Å². The number of aromatic nitrogens is 2. The monoisotopic (exact) mass is 513 g/mol. The molecule has 0 unspecified atom stereocenters. The standard InChI is InChI=1S/C26H35N7O2.ClH/c1-5-27-10-11-28-25(34)17-32(23-13-22-14-29-30(3)24(22)12-19(23)2)18-26(35)31(4)33-15-20-8-6-7-9-21(20)16-33;/h6-9,12-14,27H,5,10-11,15-18H2,1-4H3,(H,28,34);1H. The van der Waals surface area contributed by atoms with Crippen molar-refractivity contribution < 1.29 is 9.59 Å². The number of benzene rings is 2. The molecule has 2 heterocycles. The number of nitrogens with zero attached hydrogens (tertiary/aromatic N) is 5. The number of rotatable bonds is 10. The maximum absolute atomic E-state index is 13.4. The van der Waals surface area contributed by atoms with Crippen LogP contribution in [-0.4, -0.2) is 71.4 Å². The number of hydrogen-bond donors (Lipinski definition) is 2. The van der Waals surface area contributed by atoms with E-state index in [-0.39, 0.29) is 37.3 Å². The third-order valence-electron chi connectivity index (χ3n) is 6.55. The van der Waals surface area contributed by atoms with E-state index in [4.69, 9.17) is 0 Å². The molecule has 0 saturated heterocycles. The van der Waals surface area contributed by atoms with Crippen molar-refractivity contribution in [2.45, 2.75) is 26.9 Å². The van der Waals surface area contributed by atoms with Gasteiger partial charge in [-0.1, -0.05) is 31.2 Å². The van der Waals surface area contributed by atoms with Crippen LogP contribution in [0.1, 0.15) is 23.6 Å². The van der Waals surface area contributed by atoms with Gasteiger partial charge in [-0.05, 0) is 42.3 Å². The molecule has 0 atom stereocenters. The molecule has 3 aromatic rings. The summed E-state index contributed by atoms with van der Waals surface area (Å²) in [5, 5.41) is 15.2. The average Bonchev–Trinajstić information content (AvgIpc) is 3.44. The van der Waals surface area contributed by atoms with Crippen LogP contribution < -0.4 is 15.5 Å². The van der Waals surface area contributed by atoms with Gasteiger partial charge in [0.15, 0.2) is 0 Å². The number of fused-ring (bicyclic) bond motifs is 2. The van der Waals surface area contributed by atoms with E-state index in [1.807, 2.05) is 59.9 Å². The number of halogens is 1. The fourth-order valence-corrected chi connectivity index (χ4v) is 4.51. The van der Waals surface area contributed by atoms with E-state index < -0.39 is 0 Å². The summed E-state index contributed by atoms with van der Waals surface area (Å²) in [6.45, 7) is 7.73. The molecule has 0 bridgehead atoms. The number of amides is 2. The van der Waals surface area contributed by atoms with Crippen LogP contribution in [0.4, 0.5) is 5.69 Å². The van der Waals surface area contributed by atoms with Gasteiger partial charge in [0.25, 0.3) is 5.91 Å². The molecule has 4 rings (SSSR count). The Balaban J connectivity index is 0.00000361. The highest BCUT2D eigenvalue weighted by Gasteiger charge is 2.27. The van der Waals surface area contributed by atoms with Crippen LogP contribution in [-0.2, 0) is 29.7 Å². The molecule has 0 saturated carbocycles. The average molecular weight is 514 g/mol. The molecule has 36 heavy (non-hydrogen) atoms. The molecular formula is C26H36ClN7O2. The van der Waals surface area contributed by atoms with Gasteiger partial charge in [0, 0.05) is 51.3 Å². The Kier molecular flexibility index (Phi) is 9.31. The van der Waals surface area contributed by atoms with E-state index >= 15 is 0 Å². The molecule has 2 aromatic carbocycles. The van der Waals surface area contributed by atoms with Gasteiger partial charge >= 0.3 is 0 Å². The first-order chi connectivity index (χ1) is 16.9. The molecule has 194 valence electrons. The highest BCUT2D eigenvalue weighted by Crippen LogP contribution is 2.27. The fourth-order valence-electron chi connectivity index (χ4n) is 4.51. The van der Waals surface area contributed by atoms with Crippen molar-refractivity contribution in [3.05, 3.63) is 59.3 Å². The summed E-state index contributed by atoms with van der Waals surface area (Å²) in [7, 11) is 3.71. The summed E-state index contributed by atoms with van der Waals surface area (Å²) in [6.07, 6.45) is 1.81. The second-order valence-corrected chi connectivity index (χ2v) is 9.03. The fraction of sp³-hybridized carbons (Fsp3) is 0.423. The smallest absolute Gasteiger partial charge is 0.256 e. The number of likely N-dealkylation sites (N-methyl/N-ethyl adjacent to an activating group) is 2. The van der Waals surface area contributed by atoms with Crippen LogP contribution in [0.25, 0.3) is 10.9 Å². The van der Waals surface area contributed by atoms with Crippen molar-refractivity contribution in [1.82, 2.24) is 30.4 Å². The van der Waals surface area contributed by atoms with E-state index in [0.717, 1.165) is 28.7 Å². The topological polar surface area (TPSA) is 85.7 Å². The normalized spacial score (nSPS) is 12.8. The molecule has 9 nitrogen and oxygen atoms in total. The molecule has 0 fully saturated rings. The molecule has 2 N–H and O–H groups in total. The number of aryl methyl sites for hydroxylation is 2. The second-order valence-electron chi connectivity index (χ2n) is 9.03. The Labute approximate surface area is 218 Å². The summed E-state index contributed by atoms with van der Waals surface area (Å²) < 4.78 is 1.83. The number of hydrogen-bond acceptors (Lipinski definition) is 6. The van der Waals surface area contributed by atoms with Crippen LogP contribution in [0, 0.1) is 6.92 Å². The summed E-state index contributed by atoms with van der Waals surface area (Å²) in [6, 6.07) is 12.3. The number of carbonyl (C=O) groups is 2. The predicted molar refractivity (Wildman–Crippen MR) is 145 cm³/mol. The van der Waals surface area contributed by atoms with Crippen LogP contribution in [0.2, 0.25) is 0 Å². The summed E-state index contributed by atoms with van der Waals surface area (Å²) >= 11 is 0. The first-order valence-electron chi connectivity index (χ1n) is 12.1. The van der Waals surface area contributed by atoms with E-state index in [2.05, 4.69) is 33.9 Å². The van der Waals surface area contributed by atoms with E-state index in [1.54, 1.807) is 12.1 Å². The third-order valence-corrected chi connectivity index (χ3v) is 6.55. The Hall–Kier alpha value is -3.14. The van der Waals surface area contributed by atoms with Crippen LogP contribution >= 0.6 is 12.4 Å². The van der Waals surface area contributed by atoms with Crippen molar-refractivity contribution in [3.8, 4) is 0 Å². The van der Waals surface area contributed by atoms with Gasteiger partial charge in [0.1, 0.15) is 0 Å². The number of nitrogens with one attached hydrogen (secondary N) is 2. The van der Waals surface area contributed by atoms with E-state index in [0.29, 0.717) is 26.2 Å². The lowest BCUT2D eigenvalue weighted by Crippen LogP contribution is -2.48. The maximum atomic E-state index is 13.4. The number of carbonyl (C=O) groups excluding carboxylic acids is 2. The molecule has 0 aliphatic carbocycles. The predicted octanol–water partition coefficient (Wildman–Crippen LogP) is 2.22. The quantitative estimate of drug-likeness (QED) is 0.404. The maximum Gasteiger partial charge on any atom is 0.256 e. The second kappa shape index (κ2) is 12.2. The Morgan fingerprint density at radius 3 is 2.44 bits per heavy atom. The van der Waals surface area contributed by atoms with Gasteiger partial charge in [0.2, 0.25) is 5.91 Å². The van der Waals surface area contributed by atoms with Crippen LogP contribution in [0.15, 0.2) is 42.6 Å². The van der Waals surface area contributed by atoms with Crippen molar-refractivity contribution in [2.75, 3.05) is 44.7 Å². The van der Waals surface area contributed by atoms with E-state index in [1.165, 1.54) is 11.1 Å². The minimum atomic E-state index is -0.113. The lowest BCUT2D eigenvalue weighted by atomic mass is 10.1. The van der Waals surface area contributed by atoms with Gasteiger partial charge in [-0.3, -0.25) is 19.3 Å². The molecule has 0 spiro atoms. The SMILES string of the molecule is CCNCCNC(=O)CN(CC(=O)N(C)N1Cc2ccccc2C1)c1cc2cnn(C)c2cc1C.Cl. The van der Waals surface area contributed by atoms with Crippen molar-refractivity contribution in [3.63, 3.8) is 0 Å². The molecule has 1 aliphatic rings. The lowest BCUT2D eigenvalue weighted by molar-refractivity contribution is -0.145. The zero-order chi connectivity index (χ0) is 24.9. The minimum absolute atomic E-state index is 0. The molecule has 2 amide bonds. The van der Waals surface area contributed by atoms with Gasteiger partial charge in [-0.2, -0.15) is 5.10 Å². The highest BCUT2D eigenvalue weighted by atomic mass is 35.5. The van der Waals surface area contributed by atoms with Gasteiger partial charge in [0.05, 0.1) is 24.8 Å². The Bertz CT molecular complexity index is 1190. The van der Waals surface area contributed by atoms with Gasteiger partial charge in [-0.15, -0.1) is 12.4 Å². The molecule has 10 heteroatoms. The van der Waals surface area contributed by atoms with E-state index in [9.17, 15) is 9.59 Å². The first-order valence-corrected chi connectivity index (χ1v) is 12.1. The zero-order valence-corrected chi connectivity index (χ0v) is 22.3. The number of anilines is 1. The third kappa shape index (κ3) is 6.16. The lowest BCUT2D eigenvalue weighted by Gasteiger charge is -2.32. The zero-order valence-electron chi connectivity index (χ0n) is 21.5. The summed E-state index contributed by atoms with van der Waals surface area (Å²) in [5.41, 5.74) is 5.34. The van der Waals surface area contributed by atoms with Crippen molar-refractivity contribution in [2.24, 2.45) is 7.05 Å². The van der Waals surface area contributed by atoms with Gasteiger partial charge in [-0.25, -0.2) is 5.01 Å². The summed E-state index contributed by atoms with van der Waals surface area (Å²) in [4.78, 5) is 28.1. The first kappa shape index (κ1) is 27.4. The summed E-state index contributed by atoms with van der Waals surface area (Å²) in [5.74, 6) is -0.179. The van der Waals surface area contributed by atoms with Crippen LogP contribution in [0.3, 0.4) is 0 Å². The Morgan fingerprint density at radius 1 is 1.08 bits per heavy atom. The van der Waals surface area contributed by atoms with Crippen molar-refractivity contribution in [1.29, 1.82) is 0 Å². The molecular weight excluding hydrogens is 478 g/mol. The molecule has 1 aliphatic heterocycles. The Morgan fingerprint density at radius 2 is 1.78 bits per heavy atom. The van der Waals surface area contributed by atoms with Crippen LogP contribution in [0.5, 0.6) is 0 Å². The molecule has 0 radical (unpaired) electrons. The van der Waals surface area contributed by atoms with Crippen molar-refractivity contribution >= 4 is 40.8 Å². The molecule has 1 aromatic heterocycles. The number of hydrazine groups is 1.